The van der Waals surface area contributed by atoms with Gasteiger partial charge in [0.1, 0.15) is 0 Å². The van der Waals surface area contributed by atoms with Crippen LogP contribution in [0, 0.1) is 0 Å². The second kappa shape index (κ2) is 3.80. The number of hydrogen-bond acceptors (Lipinski definition) is 3. The van der Waals surface area contributed by atoms with Gasteiger partial charge in [-0.25, -0.2) is 0 Å². The Morgan fingerprint density at radius 1 is 0.929 bits per heavy atom. The number of nitrogens with one attached hydrogen (secondary N) is 1. The Bertz CT molecular complexity index is 197. The molecule has 0 aromatic heterocycles. The Morgan fingerprint density at radius 2 is 1.86 bits per heavy atom. The van der Waals surface area contributed by atoms with Gasteiger partial charge in [0, 0.05) is 19.1 Å². The van der Waals surface area contributed by atoms with E-state index >= 15 is 0 Å². The monoisotopic (exact) mass is 195 g/mol. The van der Waals surface area contributed by atoms with Gasteiger partial charge in [0.15, 0.2) is 0 Å². The van der Waals surface area contributed by atoms with Gasteiger partial charge in [-0.1, -0.05) is 0 Å². The van der Waals surface area contributed by atoms with Gasteiger partial charge in [0.05, 0.1) is 6.17 Å². The van der Waals surface area contributed by atoms with Crippen molar-refractivity contribution in [1.29, 1.82) is 0 Å². The third kappa shape index (κ3) is 1.58. The number of nitrogens with zero attached hydrogens (tertiary/aromatic N) is 2. The highest BCUT2D eigenvalue weighted by Gasteiger charge is 2.34. The summed E-state index contributed by atoms with van der Waals surface area (Å²) in [6, 6.07) is 0.881. The highest BCUT2D eigenvalue weighted by atomic mass is 15.3. The van der Waals surface area contributed by atoms with E-state index in [4.69, 9.17) is 0 Å². The minimum Gasteiger partial charge on any atom is -0.302 e. The third-order valence-corrected chi connectivity index (χ3v) is 4.08. The second-order valence-electron chi connectivity index (χ2n) is 4.94. The van der Waals surface area contributed by atoms with E-state index < -0.39 is 0 Å². The SMILES string of the molecule is C1CNC(N2CCC(N3CCC3)C2)C1. The Kier molecular flexibility index (Phi) is 2.48. The molecular formula is C11H21N3. The summed E-state index contributed by atoms with van der Waals surface area (Å²) in [6.45, 7) is 6.58. The molecule has 0 spiro atoms. The Morgan fingerprint density at radius 3 is 2.50 bits per heavy atom. The first-order valence-electron chi connectivity index (χ1n) is 6.15. The fourth-order valence-corrected chi connectivity index (χ4v) is 3.03. The lowest BCUT2D eigenvalue weighted by Crippen LogP contribution is -2.48. The molecule has 0 saturated carbocycles. The number of rotatable bonds is 2. The van der Waals surface area contributed by atoms with Crippen LogP contribution in [-0.4, -0.2) is 54.7 Å². The summed E-state index contributed by atoms with van der Waals surface area (Å²) in [7, 11) is 0. The summed E-state index contributed by atoms with van der Waals surface area (Å²) in [5.74, 6) is 0. The van der Waals surface area contributed by atoms with E-state index in [-0.39, 0.29) is 0 Å². The Hall–Kier alpha value is -0.120. The maximum Gasteiger partial charge on any atom is 0.0598 e. The first-order valence-corrected chi connectivity index (χ1v) is 6.15. The van der Waals surface area contributed by atoms with Gasteiger partial charge >= 0.3 is 0 Å². The van der Waals surface area contributed by atoms with E-state index in [1.54, 1.807) is 0 Å². The molecule has 0 aliphatic carbocycles. The van der Waals surface area contributed by atoms with Crippen molar-refractivity contribution in [2.75, 3.05) is 32.7 Å². The van der Waals surface area contributed by atoms with Crippen molar-refractivity contribution >= 4 is 0 Å². The van der Waals surface area contributed by atoms with Crippen molar-refractivity contribution in [3.63, 3.8) is 0 Å². The molecule has 3 rings (SSSR count). The fraction of sp³-hybridized carbons (Fsp3) is 1.00. The average Bonchev–Trinajstić information content (AvgIpc) is 2.65. The van der Waals surface area contributed by atoms with Gasteiger partial charge in [-0.05, 0) is 45.3 Å². The molecule has 2 atom stereocenters. The van der Waals surface area contributed by atoms with Crippen LogP contribution < -0.4 is 5.32 Å². The maximum atomic E-state index is 3.60. The topological polar surface area (TPSA) is 18.5 Å². The van der Waals surface area contributed by atoms with Crippen molar-refractivity contribution in [2.24, 2.45) is 0 Å². The van der Waals surface area contributed by atoms with Gasteiger partial charge in [0.2, 0.25) is 0 Å². The molecule has 14 heavy (non-hydrogen) atoms. The van der Waals surface area contributed by atoms with Crippen LogP contribution in [0.3, 0.4) is 0 Å². The summed E-state index contributed by atoms with van der Waals surface area (Å²) in [5, 5.41) is 3.60. The number of hydrogen-bond donors (Lipinski definition) is 1. The zero-order valence-corrected chi connectivity index (χ0v) is 8.91. The van der Waals surface area contributed by atoms with Gasteiger partial charge in [0.25, 0.3) is 0 Å². The standard InChI is InChI=1S/C11H21N3/c1-3-11(12-5-1)14-8-4-10(9-14)13-6-2-7-13/h10-12H,1-9H2. The smallest absolute Gasteiger partial charge is 0.0598 e. The molecule has 1 N–H and O–H groups in total. The Balaban J connectivity index is 1.52. The quantitative estimate of drug-likeness (QED) is 0.691. The summed E-state index contributed by atoms with van der Waals surface area (Å²) < 4.78 is 0. The van der Waals surface area contributed by atoms with E-state index in [0.29, 0.717) is 6.17 Å². The van der Waals surface area contributed by atoms with Crippen molar-refractivity contribution < 1.29 is 0 Å². The van der Waals surface area contributed by atoms with Gasteiger partial charge < -0.3 is 5.32 Å². The predicted molar refractivity (Wildman–Crippen MR) is 57.2 cm³/mol. The second-order valence-corrected chi connectivity index (χ2v) is 4.94. The van der Waals surface area contributed by atoms with E-state index in [1.807, 2.05) is 0 Å². The lowest BCUT2D eigenvalue weighted by atomic mass is 10.1. The zero-order valence-electron chi connectivity index (χ0n) is 8.91. The van der Waals surface area contributed by atoms with E-state index in [0.717, 1.165) is 6.04 Å². The van der Waals surface area contributed by atoms with Crippen LogP contribution in [0.5, 0.6) is 0 Å². The van der Waals surface area contributed by atoms with Crippen LogP contribution in [0.1, 0.15) is 25.7 Å². The van der Waals surface area contributed by atoms with Crippen LogP contribution in [-0.2, 0) is 0 Å². The zero-order chi connectivity index (χ0) is 9.38. The summed E-state index contributed by atoms with van der Waals surface area (Å²) in [6.07, 6.45) is 6.28. The van der Waals surface area contributed by atoms with Crippen molar-refractivity contribution in [2.45, 2.75) is 37.9 Å². The van der Waals surface area contributed by atoms with Crippen LogP contribution >= 0.6 is 0 Å². The first-order chi connectivity index (χ1) is 6.93. The summed E-state index contributed by atoms with van der Waals surface area (Å²) in [5.41, 5.74) is 0. The van der Waals surface area contributed by atoms with Crippen molar-refractivity contribution in [3.8, 4) is 0 Å². The van der Waals surface area contributed by atoms with Crippen LogP contribution in [0.2, 0.25) is 0 Å². The maximum absolute atomic E-state index is 3.60. The Labute approximate surface area is 86.4 Å². The van der Waals surface area contributed by atoms with E-state index in [1.165, 1.54) is 58.4 Å². The predicted octanol–water partition coefficient (Wildman–Crippen LogP) is 0.476. The molecule has 80 valence electrons. The highest BCUT2D eigenvalue weighted by Crippen LogP contribution is 2.23. The van der Waals surface area contributed by atoms with E-state index in [2.05, 4.69) is 15.1 Å². The average molecular weight is 195 g/mol. The molecule has 3 nitrogen and oxygen atoms in total. The lowest BCUT2D eigenvalue weighted by Gasteiger charge is -2.36. The molecule has 2 unspecified atom stereocenters. The third-order valence-electron chi connectivity index (χ3n) is 4.08. The minimum absolute atomic E-state index is 0.710. The van der Waals surface area contributed by atoms with Crippen molar-refractivity contribution in [3.05, 3.63) is 0 Å². The first kappa shape index (κ1) is 9.13. The van der Waals surface area contributed by atoms with Gasteiger partial charge in [-0.2, -0.15) is 0 Å². The molecule has 0 bridgehead atoms. The normalized spacial score (nSPS) is 40.3. The fourth-order valence-electron chi connectivity index (χ4n) is 3.03. The largest absolute Gasteiger partial charge is 0.302 e. The van der Waals surface area contributed by atoms with Crippen LogP contribution in [0.25, 0.3) is 0 Å². The highest BCUT2D eigenvalue weighted by molar-refractivity contribution is 4.90. The minimum atomic E-state index is 0.710. The van der Waals surface area contributed by atoms with Gasteiger partial charge in [-0.15, -0.1) is 0 Å². The molecular weight excluding hydrogens is 174 g/mol. The molecule has 3 aliphatic heterocycles. The molecule has 0 amide bonds. The molecule has 3 saturated heterocycles. The lowest BCUT2D eigenvalue weighted by molar-refractivity contribution is 0.112. The molecule has 3 heterocycles. The van der Waals surface area contributed by atoms with Crippen LogP contribution in [0.4, 0.5) is 0 Å². The molecule has 3 heteroatoms. The molecule has 0 radical (unpaired) electrons. The summed E-state index contributed by atoms with van der Waals surface area (Å²) in [4.78, 5) is 5.32. The molecule has 3 fully saturated rings. The molecule has 0 aromatic carbocycles. The molecule has 0 aromatic rings. The summed E-state index contributed by atoms with van der Waals surface area (Å²) >= 11 is 0. The van der Waals surface area contributed by atoms with Crippen molar-refractivity contribution in [1.82, 2.24) is 15.1 Å². The van der Waals surface area contributed by atoms with E-state index in [9.17, 15) is 0 Å². The van der Waals surface area contributed by atoms with Crippen LogP contribution in [0.15, 0.2) is 0 Å². The number of likely N-dealkylation sites (tertiary alicyclic amines) is 2. The van der Waals surface area contributed by atoms with Gasteiger partial charge in [-0.3, -0.25) is 9.80 Å². The molecule has 3 aliphatic rings.